The number of aliphatic imine (C=N–C) groups is 2. The molecule has 28 heavy (non-hydrogen) atoms. The molecule has 0 bridgehead atoms. The van der Waals surface area contributed by atoms with Crippen molar-refractivity contribution in [3.63, 3.8) is 0 Å². The molecule has 0 saturated heterocycles. The molecule has 0 rings (SSSR count). The van der Waals surface area contributed by atoms with Gasteiger partial charge in [-0.05, 0) is 24.4 Å². The van der Waals surface area contributed by atoms with Crippen molar-refractivity contribution < 1.29 is 38.1 Å². The van der Waals surface area contributed by atoms with Gasteiger partial charge in [-0.15, -0.1) is 0 Å². The number of esters is 4. The van der Waals surface area contributed by atoms with Crippen molar-refractivity contribution in [1.29, 1.82) is 0 Å². The third-order valence-corrected chi connectivity index (χ3v) is 3.23. The van der Waals surface area contributed by atoms with Crippen LogP contribution in [-0.4, -0.2) is 71.7 Å². The summed E-state index contributed by atoms with van der Waals surface area (Å²) in [4.78, 5) is 53.6. The molecule has 0 aliphatic heterocycles. The van der Waals surface area contributed by atoms with Crippen molar-refractivity contribution in [2.75, 3.05) is 13.1 Å². The molecule has 0 radical (unpaired) electrons. The van der Waals surface area contributed by atoms with Crippen LogP contribution in [0.4, 0.5) is 0 Å². The zero-order chi connectivity index (χ0) is 21.7. The Kier molecular flexibility index (Phi) is 12.4. The molecule has 10 nitrogen and oxygen atoms in total. The van der Waals surface area contributed by atoms with Gasteiger partial charge in [0.2, 0.25) is 0 Å². The summed E-state index contributed by atoms with van der Waals surface area (Å²) in [6.45, 7) is 3.95. The number of hydrogen-bond donors (Lipinski definition) is 0. The molecule has 0 saturated carbocycles. The van der Waals surface area contributed by atoms with E-state index < -0.39 is 48.3 Å². The molecule has 0 aromatic rings. The zero-order valence-corrected chi connectivity index (χ0v) is 17.3. The van der Waals surface area contributed by atoms with Gasteiger partial charge in [0.05, 0.1) is 23.4 Å². The SMILES string of the molecule is CC(=O)OC(CN=C=S)C(OC(C)=O)C(OC(C)=O)C(CN=C=S)OC(C)=O. The minimum atomic E-state index is -1.39. The Hall–Kier alpha value is -2.52. The van der Waals surface area contributed by atoms with E-state index in [2.05, 4.69) is 44.7 Å². The van der Waals surface area contributed by atoms with Crippen molar-refractivity contribution in [3.8, 4) is 0 Å². The second-order valence-electron chi connectivity index (χ2n) is 5.31. The monoisotopic (exact) mass is 432 g/mol. The summed E-state index contributed by atoms with van der Waals surface area (Å²) in [5, 5.41) is 4.19. The molecule has 0 amide bonds. The van der Waals surface area contributed by atoms with Crippen LogP contribution < -0.4 is 0 Å². The fraction of sp³-hybridized carbons (Fsp3) is 0.625. The first kappa shape index (κ1) is 25.5. The van der Waals surface area contributed by atoms with Gasteiger partial charge in [0.25, 0.3) is 0 Å². The Bertz CT molecular complexity index is 620. The van der Waals surface area contributed by atoms with Crippen LogP contribution in [0.25, 0.3) is 0 Å². The Morgan fingerprint density at radius 3 is 1.18 bits per heavy atom. The lowest BCUT2D eigenvalue weighted by atomic mass is 10.0. The number of hydrogen-bond acceptors (Lipinski definition) is 12. The van der Waals surface area contributed by atoms with Gasteiger partial charge >= 0.3 is 23.9 Å². The lowest BCUT2D eigenvalue weighted by molar-refractivity contribution is -0.196. The summed E-state index contributed by atoms with van der Waals surface area (Å²) in [6.07, 6.45) is -5.20. The van der Waals surface area contributed by atoms with Crippen LogP contribution in [0.3, 0.4) is 0 Å². The Morgan fingerprint density at radius 2 is 0.964 bits per heavy atom. The molecular weight excluding hydrogens is 412 g/mol. The zero-order valence-electron chi connectivity index (χ0n) is 15.7. The van der Waals surface area contributed by atoms with E-state index in [0.29, 0.717) is 0 Å². The standard InChI is InChI=1S/C16H20N2O8S2/c1-9(19)23-13(5-17-7-27)15(25-11(3)21)16(26-12(4)22)14(6-18-8-28)24-10(2)20/h13-16H,5-6H2,1-4H3. The summed E-state index contributed by atoms with van der Waals surface area (Å²) < 4.78 is 20.7. The van der Waals surface area contributed by atoms with Crippen molar-refractivity contribution in [3.05, 3.63) is 0 Å². The topological polar surface area (TPSA) is 130 Å². The highest BCUT2D eigenvalue weighted by Crippen LogP contribution is 2.20. The van der Waals surface area contributed by atoms with E-state index in [-0.39, 0.29) is 13.1 Å². The maximum Gasteiger partial charge on any atom is 0.303 e. The second-order valence-corrected chi connectivity index (χ2v) is 5.67. The average Bonchev–Trinajstić information content (AvgIpc) is 2.57. The van der Waals surface area contributed by atoms with E-state index in [1.54, 1.807) is 0 Å². The summed E-state index contributed by atoms with van der Waals surface area (Å²) in [7, 11) is 0. The summed E-state index contributed by atoms with van der Waals surface area (Å²) in [5.41, 5.74) is 0. The van der Waals surface area contributed by atoms with Crippen LogP contribution >= 0.6 is 24.4 Å². The molecule has 12 heteroatoms. The lowest BCUT2D eigenvalue weighted by Crippen LogP contribution is -2.53. The molecule has 4 unspecified atom stereocenters. The maximum absolute atomic E-state index is 11.6. The van der Waals surface area contributed by atoms with Gasteiger partial charge in [-0.1, -0.05) is 0 Å². The van der Waals surface area contributed by atoms with Gasteiger partial charge in [0.1, 0.15) is 0 Å². The van der Waals surface area contributed by atoms with Crippen molar-refractivity contribution >= 4 is 58.6 Å². The molecule has 0 fully saturated rings. The largest absolute Gasteiger partial charge is 0.456 e. The van der Waals surface area contributed by atoms with Crippen molar-refractivity contribution in [2.45, 2.75) is 52.1 Å². The number of isothiocyanates is 2. The van der Waals surface area contributed by atoms with E-state index >= 15 is 0 Å². The van der Waals surface area contributed by atoms with E-state index in [4.69, 9.17) is 18.9 Å². The van der Waals surface area contributed by atoms with Gasteiger partial charge in [0.15, 0.2) is 24.4 Å². The average molecular weight is 432 g/mol. The van der Waals surface area contributed by atoms with Crippen LogP contribution in [0.1, 0.15) is 27.7 Å². The number of thiocarbonyl (C=S) groups is 2. The van der Waals surface area contributed by atoms with Crippen molar-refractivity contribution in [1.82, 2.24) is 0 Å². The quantitative estimate of drug-likeness (QED) is 0.201. The number of carbonyl (C=O) groups is 4. The first-order valence-electron chi connectivity index (χ1n) is 7.88. The minimum Gasteiger partial charge on any atom is -0.456 e. The highest BCUT2D eigenvalue weighted by atomic mass is 32.1. The number of carbonyl (C=O) groups excluding carboxylic acids is 4. The van der Waals surface area contributed by atoms with Gasteiger partial charge < -0.3 is 18.9 Å². The van der Waals surface area contributed by atoms with Gasteiger partial charge in [0, 0.05) is 27.7 Å². The number of ether oxygens (including phenoxy) is 4. The van der Waals surface area contributed by atoms with E-state index in [9.17, 15) is 19.2 Å². The van der Waals surface area contributed by atoms with E-state index in [1.807, 2.05) is 0 Å². The molecule has 154 valence electrons. The first-order chi connectivity index (χ1) is 13.1. The maximum atomic E-state index is 11.6. The van der Waals surface area contributed by atoms with Gasteiger partial charge in [-0.3, -0.25) is 19.2 Å². The molecule has 0 heterocycles. The first-order valence-corrected chi connectivity index (χ1v) is 8.70. The fourth-order valence-corrected chi connectivity index (χ4v) is 2.34. The van der Waals surface area contributed by atoms with Crippen LogP contribution in [-0.2, 0) is 38.1 Å². The third-order valence-electron chi connectivity index (χ3n) is 2.97. The second kappa shape index (κ2) is 13.6. The normalized spacial score (nSPS) is 14.0. The summed E-state index contributed by atoms with van der Waals surface area (Å²) >= 11 is 9.01. The van der Waals surface area contributed by atoms with Crippen LogP contribution in [0.15, 0.2) is 9.98 Å². The fourth-order valence-electron chi connectivity index (χ4n) is 2.19. The third kappa shape index (κ3) is 10.6. The smallest absolute Gasteiger partial charge is 0.303 e. The predicted octanol–water partition coefficient (Wildman–Crippen LogP) is 0.919. The van der Waals surface area contributed by atoms with Gasteiger partial charge in [-0.2, -0.15) is 0 Å². The Morgan fingerprint density at radius 1 is 0.679 bits per heavy atom. The van der Waals surface area contributed by atoms with Crippen LogP contribution in [0.2, 0.25) is 0 Å². The van der Waals surface area contributed by atoms with Gasteiger partial charge in [-0.25, -0.2) is 9.98 Å². The number of rotatable bonds is 11. The highest BCUT2D eigenvalue weighted by molar-refractivity contribution is 7.78. The van der Waals surface area contributed by atoms with E-state index in [1.165, 1.54) is 0 Å². The molecule has 0 aliphatic carbocycles. The molecule has 0 spiro atoms. The number of nitrogens with zero attached hydrogens (tertiary/aromatic N) is 2. The molecular formula is C16H20N2O8S2. The Balaban J connectivity index is 6.22. The lowest BCUT2D eigenvalue weighted by Gasteiger charge is -2.34. The van der Waals surface area contributed by atoms with E-state index in [0.717, 1.165) is 27.7 Å². The predicted molar refractivity (Wildman–Crippen MR) is 102 cm³/mol. The highest BCUT2D eigenvalue weighted by Gasteiger charge is 2.43. The van der Waals surface area contributed by atoms with Crippen LogP contribution in [0, 0.1) is 0 Å². The minimum absolute atomic E-state index is 0.248. The van der Waals surface area contributed by atoms with Crippen molar-refractivity contribution in [2.24, 2.45) is 9.98 Å². The molecule has 0 aromatic carbocycles. The summed E-state index contributed by atoms with van der Waals surface area (Å²) in [5.74, 6) is -2.98. The Labute approximate surface area is 172 Å². The molecule has 0 N–H and O–H groups in total. The summed E-state index contributed by atoms with van der Waals surface area (Å²) in [6, 6.07) is 0. The van der Waals surface area contributed by atoms with Crippen LogP contribution in [0.5, 0.6) is 0 Å². The molecule has 0 aliphatic rings. The molecule has 0 aromatic heterocycles. The molecule has 4 atom stereocenters.